The molecule has 3 aromatic rings. The Morgan fingerprint density at radius 2 is 2.10 bits per heavy atom. The number of ether oxygens (including phenoxy) is 1. The van der Waals surface area contributed by atoms with Gasteiger partial charge in [-0.2, -0.15) is 9.78 Å². The van der Waals surface area contributed by atoms with Crippen molar-refractivity contribution in [2.75, 3.05) is 0 Å². The molecule has 0 aliphatic heterocycles. The minimum Gasteiger partial charge on any atom is -0.479 e. The number of hydrogen-bond acceptors (Lipinski definition) is 5. The lowest BCUT2D eigenvalue weighted by atomic mass is 10.2. The fourth-order valence-electron chi connectivity index (χ4n) is 2.75. The second-order valence-corrected chi connectivity index (χ2v) is 7.35. The van der Waals surface area contributed by atoms with Crippen LogP contribution >= 0.6 is 15.9 Å². The number of hydrogen-bond donors (Lipinski definition) is 1. The van der Waals surface area contributed by atoms with Crippen molar-refractivity contribution >= 4 is 39.0 Å². The monoisotopic (exact) mass is 457 g/mol. The molecule has 1 heterocycles. The van der Waals surface area contributed by atoms with Crippen molar-refractivity contribution < 1.29 is 14.6 Å². The molecule has 29 heavy (non-hydrogen) atoms. The van der Waals surface area contributed by atoms with Crippen LogP contribution in [0.4, 0.5) is 0 Å². The van der Waals surface area contributed by atoms with Crippen molar-refractivity contribution in [1.29, 1.82) is 0 Å². The van der Waals surface area contributed by atoms with Crippen LogP contribution in [0.15, 0.2) is 56.8 Å². The molecule has 0 saturated heterocycles. The van der Waals surface area contributed by atoms with Gasteiger partial charge in [0.25, 0.3) is 5.56 Å². The lowest BCUT2D eigenvalue weighted by Crippen LogP contribution is -2.24. The third kappa shape index (κ3) is 4.71. The lowest BCUT2D eigenvalue weighted by Gasteiger charge is -2.12. The lowest BCUT2D eigenvalue weighted by molar-refractivity contribution is -0.144. The van der Waals surface area contributed by atoms with E-state index in [1.165, 1.54) is 17.8 Å². The number of para-hydroxylation sites is 1. The number of aromatic nitrogens is 2. The van der Waals surface area contributed by atoms with E-state index in [4.69, 9.17) is 9.84 Å². The third-order valence-corrected chi connectivity index (χ3v) is 4.73. The number of aliphatic carboxylic acids is 1. The minimum absolute atomic E-state index is 0.270. The molecule has 0 spiro atoms. The highest BCUT2D eigenvalue weighted by Gasteiger charge is 2.14. The Hall–Kier alpha value is -3.00. The molecule has 0 unspecified atom stereocenters. The molecule has 0 saturated carbocycles. The zero-order chi connectivity index (χ0) is 21.0. The summed E-state index contributed by atoms with van der Waals surface area (Å²) >= 11 is 3.38. The van der Waals surface area contributed by atoms with Gasteiger partial charge < -0.3 is 9.84 Å². The molecule has 0 bridgehead atoms. The number of carboxylic acids is 1. The fraction of sp³-hybridized carbons (Fsp3) is 0.238. The number of carboxylic acid groups (broad SMARTS) is 1. The van der Waals surface area contributed by atoms with E-state index in [2.05, 4.69) is 26.0 Å². The first kappa shape index (κ1) is 20.7. The predicted octanol–water partition coefficient (Wildman–Crippen LogP) is 3.85. The predicted molar refractivity (Wildman–Crippen MR) is 115 cm³/mol. The highest BCUT2D eigenvalue weighted by molar-refractivity contribution is 9.10. The Morgan fingerprint density at radius 1 is 1.34 bits per heavy atom. The van der Waals surface area contributed by atoms with Gasteiger partial charge in [-0.05, 0) is 43.7 Å². The molecule has 3 rings (SSSR count). The number of fused-ring (bicyclic) bond motifs is 1. The summed E-state index contributed by atoms with van der Waals surface area (Å²) in [7, 11) is 0. The summed E-state index contributed by atoms with van der Waals surface area (Å²) in [5, 5.41) is 13.9. The first-order valence-corrected chi connectivity index (χ1v) is 9.94. The molecule has 150 valence electrons. The Kier molecular flexibility index (Phi) is 6.43. The Bertz CT molecular complexity index is 1140. The van der Waals surface area contributed by atoms with Gasteiger partial charge in [0.05, 0.1) is 17.1 Å². The number of benzene rings is 2. The van der Waals surface area contributed by atoms with Crippen LogP contribution in [0.1, 0.15) is 31.7 Å². The van der Waals surface area contributed by atoms with Crippen LogP contribution in [0.2, 0.25) is 0 Å². The number of halogens is 1. The van der Waals surface area contributed by atoms with Crippen LogP contribution in [0, 0.1) is 0 Å². The van der Waals surface area contributed by atoms with Crippen molar-refractivity contribution in [3.8, 4) is 5.75 Å². The van der Waals surface area contributed by atoms with E-state index in [0.29, 0.717) is 34.5 Å². The maximum atomic E-state index is 13.0. The quantitative estimate of drug-likeness (QED) is 0.543. The van der Waals surface area contributed by atoms with Crippen molar-refractivity contribution in [2.45, 2.75) is 32.8 Å². The molecule has 0 aliphatic carbocycles. The van der Waals surface area contributed by atoms with Crippen molar-refractivity contribution in [3.05, 3.63) is 68.7 Å². The first-order valence-electron chi connectivity index (χ1n) is 9.14. The van der Waals surface area contributed by atoms with E-state index < -0.39 is 12.1 Å². The second-order valence-electron chi connectivity index (χ2n) is 6.44. The summed E-state index contributed by atoms with van der Waals surface area (Å²) in [4.78, 5) is 28.7. The summed E-state index contributed by atoms with van der Waals surface area (Å²) in [6, 6.07) is 12.3. The highest BCUT2D eigenvalue weighted by atomic mass is 79.9. The van der Waals surface area contributed by atoms with Gasteiger partial charge >= 0.3 is 5.97 Å². The average molecular weight is 458 g/mol. The van der Waals surface area contributed by atoms with Crippen LogP contribution < -0.4 is 10.3 Å². The second kappa shape index (κ2) is 9.00. The molecular formula is C21H20BrN3O4. The van der Waals surface area contributed by atoms with E-state index in [1.807, 2.05) is 13.0 Å². The van der Waals surface area contributed by atoms with Gasteiger partial charge in [0.15, 0.2) is 6.10 Å². The number of carbonyl (C=O) groups is 1. The highest BCUT2D eigenvalue weighted by Crippen LogP contribution is 2.19. The van der Waals surface area contributed by atoms with E-state index >= 15 is 0 Å². The summed E-state index contributed by atoms with van der Waals surface area (Å²) in [5.74, 6) is -0.142. The number of rotatable bonds is 7. The third-order valence-electron chi connectivity index (χ3n) is 4.23. The number of aryl methyl sites for hydroxylation is 1. The van der Waals surface area contributed by atoms with Gasteiger partial charge in [0.1, 0.15) is 11.6 Å². The zero-order valence-corrected chi connectivity index (χ0v) is 17.6. The molecule has 0 amide bonds. The molecule has 8 heteroatoms. The molecule has 0 radical (unpaired) electrons. The summed E-state index contributed by atoms with van der Waals surface area (Å²) in [5.41, 5.74) is 0.907. The van der Waals surface area contributed by atoms with Gasteiger partial charge in [0.2, 0.25) is 0 Å². The maximum absolute atomic E-state index is 13.0. The van der Waals surface area contributed by atoms with Crippen LogP contribution in [-0.2, 0) is 11.2 Å². The normalized spacial score (nSPS) is 12.4. The molecular weight excluding hydrogens is 438 g/mol. The molecule has 1 atom stereocenters. The van der Waals surface area contributed by atoms with Crippen molar-refractivity contribution in [2.24, 2.45) is 5.10 Å². The van der Waals surface area contributed by atoms with E-state index in [0.717, 1.165) is 10.9 Å². The summed E-state index contributed by atoms with van der Waals surface area (Å²) in [6.45, 7) is 3.45. The van der Waals surface area contributed by atoms with Crippen molar-refractivity contribution in [1.82, 2.24) is 9.66 Å². The molecule has 7 nitrogen and oxygen atoms in total. The topological polar surface area (TPSA) is 93.8 Å². The zero-order valence-electron chi connectivity index (χ0n) is 16.0. The van der Waals surface area contributed by atoms with Gasteiger partial charge in [0, 0.05) is 16.5 Å². The standard InChI is InChI=1S/C21H20BrN3O4/c1-3-6-19-24-17-10-9-15(22)11-16(17)20(26)25(19)23-12-14-7-4-5-8-18(14)29-13(2)21(27)28/h4-5,7-13H,3,6H2,1-2H3,(H,27,28)/t13-/m1/s1. The maximum Gasteiger partial charge on any atom is 0.344 e. The van der Waals surface area contributed by atoms with Gasteiger partial charge in [-0.1, -0.05) is 35.0 Å². The van der Waals surface area contributed by atoms with Crippen LogP contribution in [0.3, 0.4) is 0 Å². The number of nitrogens with zero attached hydrogens (tertiary/aromatic N) is 3. The Morgan fingerprint density at radius 3 is 2.83 bits per heavy atom. The minimum atomic E-state index is -1.07. The van der Waals surface area contributed by atoms with E-state index in [-0.39, 0.29) is 5.56 Å². The fourth-order valence-corrected chi connectivity index (χ4v) is 3.12. The van der Waals surface area contributed by atoms with Gasteiger partial charge in [-0.3, -0.25) is 4.79 Å². The first-order chi connectivity index (χ1) is 13.9. The average Bonchev–Trinajstić information content (AvgIpc) is 2.69. The summed E-state index contributed by atoms with van der Waals surface area (Å²) in [6.07, 6.45) is 1.87. The van der Waals surface area contributed by atoms with Gasteiger partial charge in [-0.15, -0.1) is 0 Å². The smallest absolute Gasteiger partial charge is 0.344 e. The molecule has 1 N–H and O–H groups in total. The molecule has 0 fully saturated rings. The van der Waals surface area contributed by atoms with E-state index in [9.17, 15) is 9.59 Å². The van der Waals surface area contributed by atoms with E-state index in [1.54, 1.807) is 36.4 Å². The van der Waals surface area contributed by atoms with Crippen molar-refractivity contribution in [3.63, 3.8) is 0 Å². The van der Waals surface area contributed by atoms with Crippen LogP contribution in [0.25, 0.3) is 10.9 Å². The molecule has 2 aromatic carbocycles. The van der Waals surface area contributed by atoms with Gasteiger partial charge in [-0.25, -0.2) is 9.78 Å². The van der Waals surface area contributed by atoms with Crippen LogP contribution in [0.5, 0.6) is 5.75 Å². The Labute approximate surface area is 175 Å². The Balaban J connectivity index is 2.07. The summed E-state index contributed by atoms with van der Waals surface area (Å²) < 4.78 is 7.56. The molecule has 1 aromatic heterocycles. The van der Waals surface area contributed by atoms with Crippen LogP contribution in [-0.4, -0.2) is 33.1 Å². The largest absolute Gasteiger partial charge is 0.479 e. The SMILES string of the molecule is CCCc1nc2ccc(Br)cc2c(=O)n1N=Cc1ccccc1O[C@H](C)C(=O)O. The molecule has 0 aliphatic rings.